The lowest BCUT2D eigenvalue weighted by Gasteiger charge is -2.45. The van der Waals surface area contributed by atoms with Gasteiger partial charge >= 0.3 is 0 Å². The van der Waals surface area contributed by atoms with Crippen LogP contribution in [0.4, 0.5) is 0 Å². The van der Waals surface area contributed by atoms with Gasteiger partial charge in [-0.1, -0.05) is 12.8 Å². The van der Waals surface area contributed by atoms with Crippen LogP contribution in [-0.2, 0) is 0 Å². The van der Waals surface area contributed by atoms with Crippen molar-refractivity contribution in [3.63, 3.8) is 0 Å². The summed E-state index contributed by atoms with van der Waals surface area (Å²) < 4.78 is 11.1. The first-order chi connectivity index (χ1) is 10.3. The number of nitrogens with one attached hydrogen (secondary N) is 1. The number of rotatable bonds is 5. The number of benzene rings is 1. The molecule has 116 valence electrons. The minimum absolute atomic E-state index is 0.404. The van der Waals surface area contributed by atoms with Crippen LogP contribution in [0.15, 0.2) is 24.3 Å². The summed E-state index contributed by atoms with van der Waals surface area (Å²) in [7, 11) is 1.68. The molecule has 2 aliphatic rings. The molecule has 4 nitrogen and oxygen atoms in total. The van der Waals surface area contributed by atoms with Crippen LogP contribution in [0.25, 0.3) is 0 Å². The summed E-state index contributed by atoms with van der Waals surface area (Å²) in [4.78, 5) is 2.65. The Morgan fingerprint density at radius 2 is 1.86 bits per heavy atom. The average Bonchev–Trinajstić information content (AvgIpc) is 2.99. The fourth-order valence-corrected chi connectivity index (χ4v) is 3.70. The van der Waals surface area contributed by atoms with Crippen LogP contribution >= 0.6 is 0 Å². The number of piperazine rings is 1. The summed E-state index contributed by atoms with van der Waals surface area (Å²) in [6.45, 7) is 5.17. The number of ether oxygens (including phenoxy) is 2. The van der Waals surface area contributed by atoms with Gasteiger partial charge in [-0.3, -0.25) is 4.90 Å². The van der Waals surface area contributed by atoms with Gasteiger partial charge in [0.05, 0.1) is 7.11 Å². The van der Waals surface area contributed by atoms with E-state index < -0.39 is 0 Å². The highest BCUT2D eigenvalue weighted by Crippen LogP contribution is 2.35. The highest BCUT2D eigenvalue weighted by molar-refractivity contribution is 5.31. The van der Waals surface area contributed by atoms with E-state index in [4.69, 9.17) is 9.47 Å². The fraction of sp³-hybridized carbons (Fsp3) is 0.647. The van der Waals surface area contributed by atoms with Crippen LogP contribution in [0.3, 0.4) is 0 Å². The Morgan fingerprint density at radius 1 is 1.14 bits per heavy atom. The molecule has 1 aliphatic heterocycles. The lowest BCUT2D eigenvalue weighted by Crippen LogP contribution is -2.60. The first-order valence-corrected chi connectivity index (χ1v) is 8.05. The molecule has 0 unspecified atom stereocenters. The second-order valence-electron chi connectivity index (χ2n) is 6.12. The van der Waals surface area contributed by atoms with Gasteiger partial charge in [0, 0.05) is 31.7 Å². The van der Waals surface area contributed by atoms with Crippen LogP contribution in [0.1, 0.15) is 25.7 Å². The number of methoxy groups -OCH3 is 1. The topological polar surface area (TPSA) is 33.7 Å². The van der Waals surface area contributed by atoms with Crippen LogP contribution < -0.4 is 14.8 Å². The van der Waals surface area contributed by atoms with Gasteiger partial charge in [0.1, 0.15) is 18.1 Å². The standard InChI is InChI=1S/C17H26N2O2/c1-20-15-4-6-16(7-5-15)21-13-12-19-11-10-18-14-17(19)8-2-3-9-17/h4-7,18H,2-3,8-14H2,1H3. The maximum Gasteiger partial charge on any atom is 0.119 e. The van der Waals surface area contributed by atoms with Gasteiger partial charge in [0.25, 0.3) is 0 Å². The van der Waals surface area contributed by atoms with Crippen molar-refractivity contribution < 1.29 is 9.47 Å². The molecule has 1 N–H and O–H groups in total. The van der Waals surface area contributed by atoms with Crippen LogP contribution in [-0.4, -0.2) is 50.3 Å². The number of hydrogen-bond donors (Lipinski definition) is 1. The molecule has 0 aromatic heterocycles. The monoisotopic (exact) mass is 290 g/mol. The van der Waals surface area contributed by atoms with E-state index >= 15 is 0 Å². The summed E-state index contributed by atoms with van der Waals surface area (Å²) in [5.41, 5.74) is 0.404. The third-order valence-corrected chi connectivity index (χ3v) is 4.91. The van der Waals surface area contributed by atoms with E-state index in [1.807, 2.05) is 24.3 Å². The number of hydrogen-bond acceptors (Lipinski definition) is 4. The number of nitrogens with zero attached hydrogens (tertiary/aromatic N) is 1. The van der Waals surface area contributed by atoms with E-state index in [0.717, 1.165) is 44.3 Å². The Kier molecular flexibility index (Phi) is 4.66. The molecule has 21 heavy (non-hydrogen) atoms. The van der Waals surface area contributed by atoms with E-state index in [9.17, 15) is 0 Å². The third-order valence-electron chi connectivity index (χ3n) is 4.91. The van der Waals surface area contributed by atoms with Gasteiger partial charge < -0.3 is 14.8 Å². The molecule has 1 aromatic carbocycles. The molecule has 1 aliphatic carbocycles. The lowest BCUT2D eigenvalue weighted by atomic mass is 9.93. The molecular weight excluding hydrogens is 264 g/mol. The van der Waals surface area contributed by atoms with Gasteiger partial charge in [0.2, 0.25) is 0 Å². The predicted octanol–water partition coefficient (Wildman–Crippen LogP) is 2.29. The van der Waals surface area contributed by atoms with Crippen molar-refractivity contribution in [1.29, 1.82) is 0 Å². The molecule has 1 saturated carbocycles. The third kappa shape index (κ3) is 3.33. The van der Waals surface area contributed by atoms with Crippen molar-refractivity contribution in [3.8, 4) is 11.5 Å². The minimum atomic E-state index is 0.404. The summed E-state index contributed by atoms with van der Waals surface area (Å²) in [5, 5.41) is 3.57. The van der Waals surface area contributed by atoms with Crippen molar-refractivity contribution in [2.24, 2.45) is 0 Å². The van der Waals surface area contributed by atoms with E-state index in [1.165, 1.54) is 25.7 Å². The smallest absolute Gasteiger partial charge is 0.119 e. The van der Waals surface area contributed by atoms with Gasteiger partial charge in [-0.25, -0.2) is 0 Å². The second-order valence-corrected chi connectivity index (χ2v) is 6.12. The van der Waals surface area contributed by atoms with Gasteiger partial charge in [-0.05, 0) is 37.1 Å². The summed E-state index contributed by atoms with van der Waals surface area (Å²) in [6.07, 6.45) is 5.42. The summed E-state index contributed by atoms with van der Waals surface area (Å²) in [5.74, 6) is 1.79. The van der Waals surface area contributed by atoms with Crippen molar-refractivity contribution >= 4 is 0 Å². The molecule has 0 amide bonds. The SMILES string of the molecule is COc1ccc(OCCN2CCNCC23CCCC3)cc1. The van der Waals surface area contributed by atoms with Gasteiger partial charge in [-0.15, -0.1) is 0 Å². The van der Waals surface area contributed by atoms with E-state index in [1.54, 1.807) is 7.11 Å². The Labute approximate surface area is 127 Å². The first-order valence-electron chi connectivity index (χ1n) is 8.05. The molecule has 0 atom stereocenters. The van der Waals surface area contributed by atoms with Crippen molar-refractivity contribution in [2.75, 3.05) is 39.9 Å². The quantitative estimate of drug-likeness (QED) is 0.902. The molecule has 0 bridgehead atoms. The molecular formula is C17H26N2O2. The zero-order valence-electron chi connectivity index (χ0n) is 12.9. The molecule has 4 heteroatoms. The Balaban J connectivity index is 1.51. The normalized spacial score (nSPS) is 21.6. The summed E-state index contributed by atoms with van der Waals surface area (Å²) in [6, 6.07) is 7.83. The maximum atomic E-state index is 5.89. The molecule has 2 fully saturated rings. The zero-order valence-corrected chi connectivity index (χ0v) is 12.9. The van der Waals surface area contributed by atoms with E-state index in [2.05, 4.69) is 10.2 Å². The Bertz CT molecular complexity index is 441. The second kappa shape index (κ2) is 6.67. The van der Waals surface area contributed by atoms with E-state index in [0.29, 0.717) is 5.54 Å². The van der Waals surface area contributed by atoms with Crippen LogP contribution in [0.2, 0.25) is 0 Å². The molecule has 1 spiro atoms. The highest BCUT2D eigenvalue weighted by Gasteiger charge is 2.40. The fourth-order valence-electron chi connectivity index (χ4n) is 3.70. The van der Waals surface area contributed by atoms with Gasteiger partial charge in [-0.2, -0.15) is 0 Å². The van der Waals surface area contributed by atoms with Crippen molar-refractivity contribution in [1.82, 2.24) is 10.2 Å². The van der Waals surface area contributed by atoms with Crippen LogP contribution in [0.5, 0.6) is 11.5 Å². The van der Waals surface area contributed by atoms with E-state index in [-0.39, 0.29) is 0 Å². The minimum Gasteiger partial charge on any atom is -0.497 e. The Morgan fingerprint density at radius 3 is 2.57 bits per heavy atom. The summed E-state index contributed by atoms with van der Waals surface area (Å²) >= 11 is 0. The highest BCUT2D eigenvalue weighted by atomic mass is 16.5. The largest absolute Gasteiger partial charge is 0.497 e. The average molecular weight is 290 g/mol. The maximum absolute atomic E-state index is 5.89. The molecule has 0 radical (unpaired) electrons. The Hall–Kier alpha value is -1.26. The zero-order chi connectivity index (χ0) is 14.5. The molecule has 1 heterocycles. The molecule has 3 rings (SSSR count). The molecule has 1 saturated heterocycles. The van der Waals surface area contributed by atoms with Crippen LogP contribution in [0, 0.1) is 0 Å². The first kappa shape index (κ1) is 14.7. The molecule has 1 aromatic rings. The van der Waals surface area contributed by atoms with Crippen molar-refractivity contribution in [2.45, 2.75) is 31.2 Å². The van der Waals surface area contributed by atoms with Crippen molar-refractivity contribution in [3.05, 3.63) is 24.3 Å². The lowest BCUT2D eigenvalue weighted by molar-refractivity contribution is 0.0516. The predicted molar refractivity (Wildman–Crippen MR) is 84.1 cm³/mol. The van der Waals surface area contributed by atoms with Gasteiger partial charge in [0.15, 0.2) is 0 Å².